The van der Waals surface area contributed by atoms with Gasteiger partial charge >= 0.3 is 0 Å². The van der Waals surface area contributed by atoms with Crippen molar-refractivity contribution >= 4 is 51.7 Å². The minimum absolute atomic E-state index is 0.0277. The van der Waals surface area contributed by atoms with Crippen LogP contribution in [-0.4, -0.2) is 21.5 Å². The number of hydrogen-bond donors (Lipinski definition) is 1. The lowest BCUT2D eigenvalue weighted by atomic mass is 10.1. The third-order valence-electron chi connectivity index (χ3n) is 5.48. The van der Waals surface area contributed by atoms with Crippen molar-refractivity contribution in [1.29, 1.82) is 0 Å². The summed E-state index contributed by atoms with van der Waals surface area (Å²) in [6, 6.07) is 25.4. The summed E-state index contributed by atoms with van der Waals surface area (Å²) in [6.45, 7) is 1.97. The van der Waals surface area contributed by atoms with Gasteiger partial charge in [0.25, 0.3) is 11.8 Å². The average molecular weight is 438 g/mol. The van der Waals surface area contributed by atoms with E-state index < -0.39 is 11.8 Å². The molecule has 0 spiro atoms. The zero-order valence-corrected chi connectivity index (χ0v) is 18.1. The largest absolute Gasteiger partial charge is 0.317 e. The van der Waals surface area contributed by atoms with Gasteiger partial charge in [-0.25, -0.2) is 0 Å². The Labute approximate surface area is 190 Å². The summed E-state index contributed by atoms with van der Waals surface area (Å²) in [5.41, 5.74) is 3.36. The zero-order chi connectivity index (χ0) is 22.2. The van der Waals surface area contributed by atoms with E-state index in [1.807, 2.05) is 72.3 Å². The molecule has 0 aliphatic carbocycles. The van der Waals surface area contributed by atoms with Crippen LogP contribution in [0.2, 0.25) is 0 Å². The average Bonchev–Trinajstić information content (AvgIpc) is 3.26. The predicted octanol–water partition coefficient (Wildman–Crippen LogP) is 4.77. The van der Waals surface area contributed by atoms with Gasteiger partial charge in [0, 0.05) is 17.6 Å². The lowest BCUT2D eigenvalue weighted by molar-refractivity contribution is -0.122. The fraction of sp³-hybridized carbons (Fsp3) is 0.0385. The van der Waals surface area contributed by atoms with Crippen LogP contribution in [0.5, 0.6) is 0 Å². The SMILES string of the molecule is Cc1ccc(N2C(=O)/C(=C/c3cccn3-c3ccc4ccccc4c3)C(=O)NC2=S)cc1. The van der Waals surface area contributed by atoms with Crippen molar-refractivity contribution in [2.45, 2.75) is 6.92 Å². The number of carbonyl (C=O) groups excluding carboxylic acids is 2. The maximum Gasteiger partial charge on any atom is 0.270 e. The molecule has 0 radical (unpaired) electrons. The summed E-state index contributed by atoms with van der Waals surface area (Å²) in [5, 5.41) is 4.97. The van der Waals surface area contributed by atoms with Gasteiger partial charge in [0.15, 0.2) is 5.11 Å². The standard InChI is InChI=1S/C26H19N3O2S/c1-17-8-11-20(12-9-17)29-25(31)23(24(30)27-26(29)32)16-21-7-4-14-28(21)22-13-10-18-5-2-3-6-19(18)15-22/h2-16H,1H3,(H,27,30,32)/b23-16+. The molecule has 6 heteroatoms. The predicted molar refractivity (Wildman–Crippen MR) is 131 cm³/mol. The number of hydrogen-bond acceptors (Lipinski definition) is 3. The smallest absolute Gasteiger partial charge is 0.270 e. The molecule has 0 atom stereocenters. The highest BCUT2D eigenvalue weighted by atomic mass is 32.1. The molecule has 32 heavy (non-hydrogen) atoms. The quantitative estimate of drug-likeness (QED) is 0.285. The fourth-order valence-corrected chi connectivity index (χ4v) is 4.09. The number of aryl methyl sites for hydroxylation is 1. The van der Waals surface area contributed by atoms with Crippen LogP contribution in [0, 0.1) is 6.92 Å². The molecule has 1 aromatic heterocycles. The Bertz CT molecular complexity index is 1420. The van der Waals surface area contributed by atoms with E-state index in [0.29, 0.717) is 5.69 Å². The molecule has 156 valence electrons. The molecule has 0 bridgehead atoms. The second-order valence-corrected chi connectivity index (χ2v) is 8.01. The van der Waals surface area contributed by atoms with Crippen LogP contribution in [0.15, 0.2) is 90.6 Å². The van der Waals surface area contributed by atoms with Crippen molar-refractivity contribution in [1.82, 2.24) is 9.88 Å². The number of nitrogens with one attached hydrogen (secondary N) is 1. The number of carbonyl (C=O) groups is 2. The highest BCUT2D eigenvalue weighted by molar-refractivity contribution is 7.80. The number of aromatic nitrogens is 1. The van der Waals surface area contributed by atoms with E-state index >= 15 is 0 Å². The lowest BCUT2D eigenvalue weighted by Crippen LogP contribution is -2.54. The second-order valence-electron chi connectivity index (χ2n) is 7.63. The molecule has 1 saturated heterocycles. The molecular weight excluding hydrogens is 418 g/mol. The van der Waals surface area contributed by atoms with E-state index in [9.17, 15) is 9.59 Å². The first-order chi connectivity index (χ1) is 15.5. The zero-order valence-electron chi connectivity index (χ0n) is 17.3. The van der Waals surface area contributed by atoms with Crippen molar-refractivity contribution in [3.63, 3.8) is 0 Å². The van der Waals surface area contributed by atoms with E-state index in [1.165, 1.54) is 4.90 Å². The molecule has 1 aliphatic heterocycles. The molecule has 0 unspecified atom stereocenters. The molecule has 1 N–H and O–H groups in total. The molecule has 1 aliphatic rings. The molecular formula is C26H19N3O2S. The van der Waals surface area contributed by atoms with E-state index in [-0.39, 0.29) is 10.7 Å². The summed E-state index contributed by atoms with van der Waals surface area (Å²) < 4.78 is 1.95. The first-order valence-electron chi connectivity index (χ1n) is 10.2. The fourth-order valence-electron chi connectivity index (χ4n) is 3.81. The van der Waals surface area contributed by atoms with Gasteiger partial charge in [-0.05, 0) is 72.4 Å². The lowest BCUT2D eigenvalue weighted by Gasteiger charge is -2.29. The monoisotopic (exact) mass is 437 g/mol. The first kappa shape index (κ1) is 19.9. The Kier molecular flexibility index (Phi) is 4.92. The third-order valence-corrected chi connectivity index (χ3v) is 5.76. The highest BCUT2D eigenvalue weighted by Gasteiger charge is 2.34. The first-order valence-corrected chi connectivity index (χ1v) is 10.6. The Morgan fingerprint density at radius 1 is 0.844 bits per heavy atom. The molecule has 2 heterocycles. The minimum Gasteiger partial charge on any atom is -0.317 e. The van der Waals surface area contributed by atoms with E-state index in [0.717, 1.165) is 27.7 Å². The maximum atomic E-state index is 13.3. The second kappa shape index (κ2) is 7.90. The molecule has 0 saturated carbocycles. The third kappa shape index (κ3) is 3.50. The van der Waals surface area contributed by atoms with Crippen LogP contribution < -0.4 is 10.2 Å². The number of benzene rings is 3. The molecule has 5 rings (SSSR count). The minimum atomic E-state index is -0.505. The van der Waals surface area contributed by atoms with Crippen molar-refractivity contribution < 1.29 is 9.59 Å². The number of rotatable bonds is 3. The Morgan fingerprint density at radius 3 is 2.34 bits per heavy atom. The van der Waals surface area contributed by atoms with Gasteiger partial charge in [0.1, 0.15) is 5.57 Å². The number of nitrogens with zero attached hydrogens (tertiary/aromatic N) is 2. The van der Waals surface area contributed by atoms with Crippen LogP contribution in [0.3, 0.4) is 0 Å². The van der Waals surface area contributed by atoms with Crippen LogP contribution in [0.25, 0.3) is 22.5 Å². The Hall–Kier alpha value is -4.03. The molecule has 4 aromatic rings. The van der Waals surface area contributed by atoms with E-state index in [2.05, 4.69) is 29.6 Å². The van der Waals surface area contributed by atoms with Crippen molar-refractivity contribution in [2.75, 3.05) is 4.90 Å². The maximum absolute atomic E-state index is 13.3. The summed E-state index contributed by atoms with van der Waals surface area (Å²) in [7, 11) is 0. The Balaban J connectivity index is 1.55. The van der Waals surface area contributed by atoms with Gasteiger partial charge in [-0.3, -0.25) is 19.8 Å². The van der Waals surface area contributed by atoms with Gasteiger partial charge in [-0.2, -0.15) is 0 Å². The highest BCUT2D eigenvalue weighted by Crippen LogP contribution is 2.25. The van der Waals surface area contributed by atoms with Crippen molar-refractivity contribution in [3.05, 3.63) is 102 Å². The van der Waals surface area contributed by atoms with Crippen LogP contribution in [-0.2, 0) is 9.59 Å². The summed E-state index contributed by atoms with van der Waals surface area (Å²) in [5.74, 6) is -0.955. The molecule has 2 amide bonds. The van der Waals surface area contributed by atoms with Crippen molar-refractivity contribution in [3.8, 4) is 5.69 Å². The molecule has 5 nitrogen and oxygen atoms in total. The number of fused-ring (bicyclic) bond motifs is 1. The van der Waals surface area contributed by atoms with Crippen LogP contribution >= 0.6 is 12.2 Å². The summed E-state index contributed by atoms with van der Waals surface area (Å²) in [6.07, 6.45) is 3.51. The van der Waals surface area contributed by atoms with E-state index in [1.54, 1.807) is 6.08 Å². The number of thiocarbonyl (C=S) groups is 1. The van der Waals surface area contributed by atoms with Gasteiger partial charge in [0.05, 0.1) is 5.69 Å². The Morgan fingerprint density at radius 2 is 1.56 bits per heavy atom. The number of amides is 2. The molecule has 3 aromatic carbocycles. The number of anilines is 1. The summed E-state index contributed by atoms with van der Waals surface area (Å²) >= 11 is 5.28. The van der Waals surface area contributed by atoms with Gasteiger partial charge in [-0.15, -0.1) is 0 Å². The van der Waals surface area contributed by atoms with Crippen LogP contribution in [0.4, 0.5) is 5.69 Å². The van der Waals surface area contributed by atoms with Gasteiger partial charge < -0.3 is 4.57 Å². The topological polar surface area (TPSA) is 54.3 Å². The van der Waals surface area contributed by atoms with Gasteiger partial charge in [0.2, 0.25) is 0 Å². The molecule has 1 fully saturated rings. The van der Waals surface area contributed by atoms with Crippen molar-refractivity contribution in [2.24, 2.45) is 0 Å². The van der Waals surface area contributed by atoms with Crippen LogP contribution in [0.1, 0.15) is 11.3 Å². The summed E-state index contributed by atoms with van der Waals surface area (Å²) in [4.78, 5) is 27.3. The van der Waals surface area contributed by atoms with Gasteiger partial charge in [-0.1, -0.05) is 48.0 Å². The normalized spacial score (nSPS) is 15.5. The van der Waals surface area contributed by atoms with E-state index in [4.69, 9.17) is 12.2 Å².